The molecule has 0 bridgehead atoms. The van der Waals surface area contributed by atoms with Gasteiger partial charge in [-0.05, 0) is 48.7 Å². The molecule has 5 nitrogen and oxygen atoms in total. The van der Waals surface area contributed by atoms with E-state index >= 15 is 0 Å². The smallest absolute Gasteiger partial charge is 0.272 e. The van der Waals surface area contributed by atoms with Gasteiger partial charge < -0.3 is 0 Å². The maximum atomic E-state index is 13.1. The van der Waals surface area contributed by atoms with Crippen LogP contribution in [0.4, 0.5) is 13.2 Å². The first-order valence-electron chi connectivity index (χ1n) is 10.6. The first-order chi connectivity index (χ1) is 16.8. The summed E-state index contributed by atoms with van der Waals surface area (Å²) in [6.07, 6.45) is -1.72. The van der Waals surface area contributed by atoms with Crippen molar-refractivity contribution in [3.63, 3.8) is 0 Å². The van der Waals surface area contributed by atoms with Crippen molar-refractivity contribution in [2.75, 3.05) is 13.0 Å². The van der Waals surface area contributed by atoms with Crippen LogP contribution in [0.1, 0.15) is 29.3 Å². The number of alkyl halides is 4. The van der Waals surface area contributed by atoms with E-state index in [4.69, 9.17) is 21.4 Å². The Morgan fingerprint density at radius 3 is 2.57 bits per heavy atom. The van der Waals surface area contributed by atoms with Gasteiger partial charge in [0, 0.05) is 16.3 Å². The predicted octanol–water partition coefficient (Wildman–Crippen LogP) is 6.61. The van der Waals surface area contributed by atoms with Gasteiger partial charge in [-0.15, -0.1) is 16.7 Å². The van der Waals surface area contributed by atoms with Crippen LogP contribution in [0.3, 0.4) is 0 Å². The first-order valence-corrected chi connectivity index (χ1v) is 12.6. The summed E-state index contributed by atoms with van der Waals surface area (Å²) in [6, 6.07) is 14.3. The number of halogens is 5. The Hall–Kier alpha value is -2.33. The van der Waals surface area contributed by atoms with Crippen molar-refractivity contribution < 1.29 is 18.0 Å². The Balaban J connectivity index is 0.00000167. The maximum Gasteiger partial charge on any atom is 0.416 e. The van der Waals surface area contributed by atoms with Crippen molar-refractivity contribution >= 4 is 40.8 Å². The fourth-order valence-electron chi connectivity index (χ4n) is 3.29. The number of amidine groups is 1. The van der Waals surface area contributed by atoms with Crippen LogP contribution in [0, 0.1) is 0 Å². The SMILES string of the molecule is CCc1cc(C2=NC(Cc3ccccc3Cl)CON2)c(Sc2cccc(C(F)(F)F)c2)nn1.CCl. The van der Waals surface area contributed by atoms with E-state index in [1.54, 1.807) is 6.07 Å². The molecule has 0 amide bonds. The molecular weight excluding hydrogens is 520 g/mol. The number of hydrogen-bond acceptors (Lipinski definition) is 6. The Bertz CT molecular complexity index is 1180. The molecule has 0 spiro atoms. The number of rotatable bonds is 6. The zero-order chi connectivity index (χ0) is 25.4. The lowest BCUT2D eigenvalue weighted by atomic mass is 10.1. The normalized spacial score (nSPS) is 15.5. The highest BCUT2D eigenvalue weighted by atomic mass is 35.5. The average Bonchev–Trinajstić information content (AvgIpc) is 2.87. The minimum atomic E-state index is -4.42. The molecule has 1 aromatic heterocycles. The van der Waals surface area contributed by atoms with Crippen LogP contribution in [-0.4, -0.2) is 35.1 Å². The highest BCUT2D eigenvalue weighted by molar-refractivity contribution is 7.99. The Morgan fingerprint density at radius 2 is 1.86 bits per heavy atom. The third-order valence-corrected chi connectivity index (χ3v) is 6.33. The van der Waals surface area contributed by atoms with Gasteiger partial charge in [-0.3, -0.25) is 9.83 Å². The second-order valence-electron chi connectivity index (χ2n) is 7.38. The lowest BCUT2D eigenvalue weighted by molar-refractivity contribution is -0.137. The molecule has 35 heavy (non-hydrogen) atoms. The van der Waals surface area contributed by atoms with E-state index in [1.165, 1.54) is 12.4 Å². The fraction of sp³-hybridized carbons (Fsp3) is 0.292. The van der Waals surface area contributed by atoms with Crippen molar-refractivity contribution in [1.29, 1.82) is 0 Å². The van der Waals surface area contributed by atoms with Gasteiger partial charge in [-0.1, -0.05) is 54.6 Å². The van der Waals surface area contributed by atoms with E-state index in [2.05, 4.69) is 27.3 Å². The van der Waals surface area contributed by atoms with Gasteiger partial charge >= 0.3 is 6.18 Å². The number of aromatic nitrogens is 2. The number of hydroxylamine groups is 1. The van der Waals surface area contributed by atoms with Crippen LogP contribution in [0.5, 0.6) is 0 Å². The van der Waals surface area contributed by atoms with Crippen molar-refractivity contribution in [1.82, 2.24) is 15.7 Å². The Kier molecular flexibility index (Phi) is 9.80. The second kappa shape index (κ2) is 12.6. The predicted molar refractivity (Wildman–Crippen MR) is 133 cm³/mol. The molecule has 1 N–H and O–H groups in total. The summed E-state index contributed by atoms with van der Waals surface area (Å²) in [4.78, 5) is 10.8. The van der Waals surface area contributed by atoms with Crippen molar-refractivity contribution in [3.8, 4) is 0 Å². The molecule has 11 heteroatoms. The van der Waals surface area contributed by atoms with Gasteiger partial charge in [0.2, 0.25) is 0 Å². The van der Waals surface area contributed by atoms with E-state index in [1.807, 2.05) is 37.3 Å². The molecule has 1 atom stereocenters. The summed E-state index contributed by atoms with van der Waals surface area (Å²) in [6.45, 7) is 2.30. The average molecular weight is 543 g/mol. The number of hydrogen-bond donors (Lipinski definition) is 1. The summed E-state index contributed by atoms with van der Waals surface area (Å²) in [5, 5.41) is 9.54. The van der Waals surface area contributed by atoms with E-state index in [-0.39, 0.29) is 6.04 Å². The summed E-state index contributed by atoms with van der Waals surface area (Å²) >= 11 is 12.0. The topological polar surface area (TPSA) is 59.4 Å². The molecule has 0 saturated heterocycles. The molecule has 186 valence electrons. The zero-order valence-electron chi connectivity index (χ0n) is 18.9. The maximum absolute atomic E-state index is 13.1. The quantitative estimate of drug-likeness (QED) is 0.355. The van der Waals surface area contributed by atoms with Crippen LogP contribution in [-0.2, 0) is 23.9 Å². The summed E-state index contributed by atoms with van der Waals surface area (Å²) < 4.78 is 39.4. The molecular formula is C24H23Cl2F3N4OS. The van der Waals surface area contributed by atoms with E-state index in [0.29, 0.717) is 45.8 Å². The number of benzene rings is 2. The lowest BCUT2D eigenvalue weighted by Crippen LogP contribution is -2.37. The van der Waals surface area contributed by atoms with Gasteiger partial charge in [0.05, 0.1) is 29.5 Å². The molecule has 1 aliphatic rings. The van der Waals surface area contributed by atoms with Crippen molar-refractivity contribution in [2.45, 2.75) is 41.9 Å². The standard InChI is InChI=1S/C23H20ClF3N4OS.CH3Cl/c1-2-16-12-19(21-28-17(13-32-31-21)10-14-6-3-4-9-20(14)24)22(30-29-16)33-18-8-5-7-15(11-18)23(25,26)27;1-2/h3-9,11-12,17H,2,10,13H2,1H3,(H,28,31);1H3. The monoisotopic (exact) mass is 542 g/mol. The lowest BCUT2D eigenvalue weighted by Gasteiger charge is -2.23. The largest absolute Gasteiger partial charge is 0.416 e. The molecule has 0 radical (unpaired) electrons. The molecule has 1 aliphatic heterocycles. The van der Waals surface area contributed by atoms with Crippen LogP contribution in [0.2, 0.25) is 5.02 Å². The fourth-order valence-corrected chi connectivity index (χ4v) is 4.40. The van der Waals surface area contributed by atoms with Gasteiger partial charge in [0.15, 0.2) is 5.84 Å². The first kappa shape index (κ1) is 27.3. The molecule has 0 aliphatic carbocycles. The Morgan fingerprint density at radius 1 is 1.09 bits per heavy atom. The number of aryl methyl sites for hydroxylation is 1. The van der Waals surface area contributed by atoms with E-state index in [9.17, 15) is 13.2 Å². The van der Waals surface area contributed by atoms with E-state index in [0.717, 1.165) is 35.2 Å². The third kappa shape index (κ3) is 7.33. The number of nitrogens with one attached hydrogen (secondary N) is 1. The summed E-state index contributed by atoms with van der Waals surface area (Å²) in [5.74, 6) is 0.456. The summed E-state index contributed by atoms with van der Waals surface area (Å²) in [5.41, 5.74) is 4.42. The highest BCUT2D eigenvalue weighted by Gasteiger charge is 2.30. The second-order valence-corrected chi connectivity index (χ2v) is 8.85. The van der Waals surface area contributed by atoms with Crippen molar-refractivity contribution in [3.05, 3.63) is 82.0 Å². The molecule has 1 unspecified atom stereocenters. The van der Waals surface area contributed by atoms with Gasteiger partial charge in [0.25, 0.3) is 0 Å². The Labute approximate surface area is 216 Å². The van der Waals surface area contributed by atoms with Gasteiger partial charge in [0.1, 0.15) is 5.03 Å². The van der Waals surface area contributed by atoms with Crippen molar-refractivity contribution in [2.24, 2.45) is 4.99 Å². The molecule has 0 saturated carbocycles. The van der Waals surface area contributed by atoms with Gasteiger partial charge in [-0.2, -0.15) is 18.3 Å². The minimum Gasteiger partial charge on any atom is -0.272 e. The van der Waals surface area contributed by atoms with E-state index < -0.39 is 11.7 Å². The van der Waals surface area contributed by atoms with Crippen LogP contribution in [0.25, 0.3) is 0 Å². The molecule has 4 rings (SSSR count). The summed E-state index contributed by atoms with van der Waals surface area (Å²) in [7, 11) is 0. The molecule has 2 aromatic carbocycles. The highest BCUT2D eigenvalue weighted by Crippen LogP contribution is 2.35. The number of nitrogens with zero attached hydrogens (tertiary/aromatic N) is 3. The number of aliphatic imine (C=N–C) groups is 1. The van der Waals surface area contributed by atoms with Crippen LogP contribution in [0.15, 0.2) is 69.5 Å². The minimum absolute atomic E-state index is 0.189. The third-order valence-electron chi connectivity index (χ3n) is 4.97. The van der Waals surface area contributed by atoms with Crippen LogP contribution < -0.4 is 5.48 Å². The van der Waals surface area contributed by atoms with Gasteiger partial charge in [-0.25, -0.2) is 5.48 Å². The molecule has 2 heterocycles. The molecule has 3 aromatic rings. The molecule has 0 fully saturated rings. The zero-order valence-corrected chi connectivity index (χ0v) is 21.3. The van der Waals surface area contributed by atoms with Crippen LogP contribution >= 0.6 is 35.0 Å².